The number of carboxylic acids is 1. The van der Waals surface area contributed by atoms with Gasteiger partial charge in [0.1, 0.15) is 5.82 Å². The first-order valence-electron chi connectivity index (χ1n) is 10.6. The van der Waals surface area contributed by atoms with Crippen molar-refractivity contribution < 1.29 is 14.3 Å². The number of aryl methyl sites for hydroxylation is 2. The van der Waals surface area contributed by atoms with Gasteiger partial charge < -0.3 is 10.0 Å². The molecular formula is C25H34FNO2. The van der Waals surface area contributed by atoms with Crippen LogP contribution in [-0.2, 0) is 11.8 Å². The van der Waals surface area contributed by atoms with E-state index in [9.17, 15) is 9.18 Å². The molecule has 0 spiro atoms. The van der Waals surface area contributed by atoms with Crippen molar-refractivity contribution in [2.45, 2.75) is 72.6 Å². The molecule has 0 fully saturated rings. The minimum Gasteiger partial charge on any atom is -0.478 e. The number of rotatable bonds is 9. The average molecular weight is 400 g/mol. The van der Waals surface area contributed by atoms with E-state index in [0.29, 0.717) is 12.2 Å². The second kappa shape index (κ2) is 9.43. The molecule has 3 nitrogen and oxygen atoms in total. The van der Waals surface area contributed by atoms with Crippen LogP contribution < -0.4 is 4.90 Å². The molecule has 0 aromatic heterocycles. The van der Waals surface area contributed by atoms with Crippen LogP contribution >= 0.6 is 0 Å². The van der Waals surface area contributed by atoms with E-state index in [1.807, 2.05) is 11.8 Å². The maximum Gasteiger partial charge on any atom is 0.338 e. The molecule has 4 heteroatoms. The zero-order valence-corrected chi connectivity index (χ0v) is 18.6. The number of aromatic carboxylic acids is 1. The lowest BCUT2D eigenvalue weighted by atomic mass is 9.76. The van der Waals surface area contributed by atoms with Crippen LogP contribution in [0.5, 0.6) is 0 Å². The molecule has 1 N–H and O–H groups in total. The smallest absolute Gasteiger partial charge is 0.338 e. The molecule has 0 atom stereocenters. The highest BCUT2D eigenvalue weighted by molar-refractivity contribution is 5.88. The Morgan fingerprint density at radius 2 is 1.83 bits per heavy atom. The largest absolute Gasteiger partial charge is 0.478 e. The van der Waals surface area contributed by atoms with E-state index in [-0.39, 0.29) is 11.0 Å². The number of hydrogen-bond acceptors (Lipinski definition) is 2. The van der Waals surface area contributed by atoms with Gasteiger partial charge in [-0.1, -0.05) is 46.6 Å². The molecule has 0 bridgehead atoms. The summed E-state index contributed by atoms with van der Waals surface area (Å²) in [5.74, 6) is -1.96. The van der Waals surface area contributed by atoms with Crippen molar-refractivity contribution in [2.24, 2.45) is 0 Å². The Balaban J connectivity index is 2.52. The van der Waals surface area contributed by atoms with Crippen LogP contribution in [0.2, 0.25) is 0 Å². The molecule has 29 heavy (non-hydrogen) atoms. The van der Waals surface area contributed by atoms with Crippen LogP contribution in [0.15, 0.2) is 30.3 Å². The average Bonchev–Trinajstić information content (AvgIpc) is 2.67. The highest BCUT2D eigenvalue weighted by Gasteiger charge is 2.25. The van der Waals surface area contributed by atoms with E-state index in [4.69, 9.17) is 5.11 Å². The van der Waals surface area contributed by atoms with Gasteiger partial charge in [-0.25, -0.2) is 9.18 Å². The van der Waals surface area contributed by atoms with Gasteiger partial charge in [-0.15, -0.1) is 0 Å². The number of hydrogen-bond donors (Lipinski definition) is 1. The second-order valence-electron chi connectivity index (χ2n) is 8.35. The molecule has 158 valence electrons. The first-order valence-corrected chi connectivity index (χ1v) is 10.6. The van der Waals surface area contributed by atoms with Gasteiger partial charge >= 0.3 is 5.97 Å². The SMILES string of the molecule is CCCCC(C)(C)c1cc(C)c(N(CC)c2ccc(C(=O)O)c(F)c2)cc1CC. The molecule has 0 aliphatic rings. The molecule has 2 aromatic rings. The van der Waals surface area contributed by atoms with Gasteiger partial charge in [0.25, 0.3) is 0 Å². The Labute approximate surface area is 174 Å². The Morgan fingerprint density at radius 3 is 2.34 bits per heavy atom. The Hall–Kier alpha value is -2.36. The van der Waals surface area contributed by atoms with Gasteiger partial charge in [0.05, 0.1) is 5.56 Å². The lowest BCUT2D eigenvalue weighted by Gasteiger charge is -2.32. The van der Waals surface area contributed by atoms with Gasteiger partial charge in [0, 0.05) is 17.9 Å². The molecule has 0 heterocycles. The molecule has 0 aliphatic carbocycles. The second-order valence-corrected chi connectivity index (χ2v) is 8.35. The molecule has 2 aromatic carbocycles. The molecule has 0 saturated carbocycles. The van der Waals surface area contributed by atoms with Crippen molar-refractivity contribution in [1.82, 2.24) is 0 Å². The van der Waals surface area contributed by atoms with E-state index in [1.165, 1.54) is 36.1 Å². The fourth-order valence-electron chi connectivity index (χ4n) is 4.04. The van der Waals surface area contributed by atoms with E-state index < -0.39 is 11.8 Å². The molecule has 0 amide bonds. The molecule has 2 rings (SSSR count). The third-order valence-corrected chi connectivity index (χ3v) is 5.79. The quantitative estimate of drug-likeness (QED) is 0.492. The maximum absolute atomic E-state index is 14.3. The van der Waals surface area contributed by atoms with Crippen molar-refractivity contribution in [3.63, 3.8) is 0 Å². The monoisotopic (exact) mass is 399 g/mol. The Morgan fingerprint density at radius 1 is 1.14 bits per heavy atom. The first kappa shape index (κ1) is 22.9. The topological polar surface area (TPSA) is 40.5 Å². The molecule has 0 aliphatic heterocycles. The number of carbonyl (C=O) groups is 1. The van der Waals surface area contributed by atoms with Gasteiger partial charge in [0.2, 0.25) is 0 Å². The summed E-state index contributed by atoms with van der Waals surface area (Å²) >= 11 is 0. The summed E-state index contributed by atoms with van der Waals surface area (Å²) in [5, 5.41) is 9.10. The van der Waals surface area contributed by atoms with E-state index >= 15 is 0 Å². The van der Waals surface area contributed by atoms with Crippen LogP contribution in [0, 0.1) is 12.7 Å². The predicted octanol–water partition coefficient (Wildman–Crippen LogP) is 7.02. The minimum atomic E-state index is -1.25. The van der Waals surface area contributed by atoms with Gasteiger partial charge in [0.15, 0.2) is 0 Å². The fraction of sp³-hybridized carbons (Fsp3) is 0.480. The van der Waals surface area contributed by atoms with Crippen molar-refractivity contribution in [2.75, 3.05) is 11.4 Å². The molecule has 0 saturated heterocycles. The van der Waals surface area contributed by atoms with Crippen LogP contribution in [0.1, 0.15) is 80.9 Å². The van der Waals surface area contributed by atoms with Crippen LogP contribution in [0.4, 0.5) is 15.8 Å². The van der Waals surface area contributed by atoms with Crippen molar-refractivity contribution >= 4 is 17.3 Å². The lowest BCUT2D eigenvalue weighted by Crippen LogP contribution is -2.22. The maximum atomic E-state index is 14.3. The van der Waals surface area contributed by atoms with Crippen LogP contribution in [0.3, 0.4) is 0 Å². The first-order chi connectivity index (χ1) is 13.7. The summed E-state index contributed by atoms with van der Waals surface area (Å²) in [7, 11) is 0. The number of unbranched alkanes of at least 4 members (excludes halogenated alkanes) is 1. The number of halogens is 1. The summed E-state index contributed by atoms with van der Waals surface area (Å²) in [6.07, 6.45) is 4.47. The van der Waals surface area contributed by atoms with Gasteiger partial charge in [-0.05, 0) is 73.1 Å². The number of anilines is 2. The van der Waals surface area contributed by atoms with Gasteiger partial charge in [-0.2, -0.15) is 0 Å². The third kappa shape index (κ3) is 4.98. The van der Waals surface area contributed by atoms with Crippen molar-refractivity contribution in [1.29, 1.82) is 0 Å². The summed E-state index contributed by atoms with van der Waals surface area (Å²) in [6, 6.07) is 8.85. The van der Waals surface area contributed by atoms with E-state index in [2.05, 4.69) is 46.8 Å². The van der Waals surface area contributed by atoms with Crippen molar-refractivity contribution in [3.05, 3.63) is 58.4 Å². The van der Waals surface area contributed by atoms with Crippen LogP contribution in [-0.4, -0.2) is 17.6 Å². The minimum absolute atomic E-state index is 0.108. The standard InChI is InChI=1S/C25H34FNO2/c1-7-10-13-25(5,6)21-14-17(4)23(15-18(21)8-2)27(9-3)19-11-12-20(24(28)29)22(26)16-19/h11-12,14-16H,7-10,13H2,1-6H3,(H,28,29). The normalized spacial score (nSPS) is 11.6. The lowest BCUT2D eigenvalue weighted by molar-refractivity contribution is 0.0692. The summed E-state index contributed by atoms with van der Waals surface area (Å²) < 4.78 is 14.3. The van der Waals surface area contributed by atoms with Gasteiger partial charge in [-0.3, -0.25) is 0 Å². The number of carboxylic acid groups (broad SMARTS) is 1. The molecular weight excluding hydrogens is 365 g/mol. The van der Waals surface area contributed by atoms with E-state index in [0.717, 1.165) is 24.1 Å². The highest BCUT2D eigenvalue weighted by Crippen LogP contribution is 2.38. The third-order valence-electron chi connectivity index (χ3n) is 5.79. The van der Waals surface area contributed by atoms with Crippen LogP contribution in [0.25, 0.3) is 0 Å². The fourth-order valence-corrected chi connectivity index (χ4v) is 4.04. The Kier molecular flexibility index (Phi) is 7.45. The summed E-state index contributed by atoms with van der Waals surface area (Å²) in [4.78, 5) is 13.2. The van der Waals surface area contributed by atoms with E-state index in [1.54, 1.807) is 6.07 Å². The summed E-state index contributed by atoms with van der Waals surface area (Å²) in [6.45, 7) is 13.8. The Bertz CT molecular complexity index is 873. The summed E-state index contributed by atoms with van der Waals surface area (Å²) in [5.41, 5.74) is 5.36. The predicted molar refractivity (Wildman–Crippen MR) is 119 cm³/mol. The van der Waals surface area contributed by atoms with Crippen molar-refractivity contribution in [3.8, 4) is 0 Å². The number of benzene rings is 2. The zero-order chi connectivity index (χ0) is 21.8. The molecule has 0 unspecified atom stereocenters. The highest BCUT2D eigenvalue weighted by atomic mass is 19.1. The number of nitrogens with zero attached hydrogens (tertiary/aromatic N) is 1. The molecule has 0 radical (unpaired) electrons. The zero-order valence-electron chi connectivity index (χ0n) is 18.6.